The highest BCUT2D eigenvalue weighted by atomic mass is 16.7. The van der Waals surface area contributed by atoms with Crippen LogP contribution in [0.2, 0.25) is 0 Å². The van der Waals surface area contributed by atoms with Crippen molar-refractivity contribution in [3.63, 3.8) is 0 Å². The SMILES string of the molecule is COC(C)(C)OCC(=O)C=CCCCCC1=CC(OC(C)(C)OC)CC1=O. The molecular formula is C21H34O6. The normalized spacial score (nSPS) is 18.4. The van der Waals surface area contributed by atoms with Crippen molar-refractivity contribution < 1.29 is 28.5 Å². The summed E-state index contributed by atoms with van der Waals surface area (Å²) in [5.41, 5.74) is 0.835. The van der Waals surface area contributed by atoms with E-state index in [4.69, 9.17) is 18.9 Å². The van der Waals surface area contributed by atoms with Crippen molar-refractivity contribution in [3.05, 3.63) is 23.8 Å². The summed E-state index contributed by atoms with van der Waals surface area (Å²) in [4.78, 5) is 23.8. The van der Waals surface area contributed by atoms with Crippen molar-refractivity contribution in [2.45, 2.75) is 77.5 Å². The molecule has 0 radical (unpaired) electrons. The molecule has 6 nitrogen and oxygen atoms in total. The van der Waals surface area contributed by atoms with Crippen LogP contribution in [0.4, 0.5) is 0 Å². The van der Waals surface area contributed by atoms with Crippen molar-refractivity contribution in [1.29, 1.82) is 0 Å². The number of ether oxygens (including phenoxy) is 4. The topological polar surface area (TPSA) is 71.1 Å². The van der Waals surface area contributed by atoms with Crippen LogP contribution in [-0.2, 0) is 28.5 Å². The molecule has 27 heavy (non-hydrogen) atoms. The Morgan fingerprint density at radius 1 is 1.15 bits per heavy atom. The number of methoxy groups -OCH3 is 2. The predicted octanol–water partition coefficient (Wildman–Crippen LogP) is 3.74. The molecule has 0 aromatic carbocycles. The molecule has 0 aromatic heterocycles. The van der Waals surface area contributed by atoms with Gasteiger partial charge in [-0.1, -0.05) is 6.08 Å². The highest BCUT2D eigenvalue weighted by Gasteiger charge is 2.29. The largest absolute Gasteiger partial charge is 0.354 e. The fraction of sp³-hybridized carbons (Fsp3) is 0.714. The van der Waals surface area contributed by atoms with Gasteiger partial charge in [-0.05, 0) is 71.1 Å². The summed E-state index contributed by atoms with van der Waals surface area (Å²) in [5.74, 6) is -1.40. The molecule has 6 heteroatoms. The third-order valence-electron chi connectivity index (χ3n) is 4.48. The Bertz CT molecular complexity index is 559. The Hall–Kier alpha value is -1.34. The molecular weight excluding hydrogens is 348 g/mol. The molecule has 0 fully saturated rings. The van der Waals surface area contributed by atoms with Crippen LogP contribution in [0.25, 0.3) is 0 Å². The van der Waals surface area contributed by atoms with Crippen LogP contribution in [0.3, 0.4) is 0 Å². The van der Waals surface area contributed by atoms with Crippen molar-refractivity contribution in [2.24, 2.45) is 0 Å². The number of hydrogen-bond donors (Lipinski definition) is 0. The molecule has 0 amide bonds. The van der Waals surface area contributed by atoms with Crippen molar-refractivity contribution in [2.75, 3.05) is 20.8 Å². The molecule has 0 aliphatic heterocycles. The molecule has 0 aromatic rings. The van der Waals surface area contributed by atoms with Gasteiger partial charge in [-0.2, -0.15) is 0 Å². The summed E-state index contributed by atoms with van der Waals surface area (Å²) in [7, 11) is 3.13. The Morgan fingerprint density at radius 2 is 1.81 bits per heavy atom. The molecule has 0 bridgehead atoms. The highest BCUT2D eigenvalue weighted by Crippen LogP contribution is 2.26. The van der Waals surface area contributed by atoms with Crippen LogP contribution < -0.4 is 0 Å². The number of carbonyl (C=O) groups is 2. The number of Topliss-reactive ketones (excluding diaryl/α,β-unsaturated/α-hetero) is 1. The Labute approximate surface area is 162 Å². The summed E-state index contributed by atoms with van der Waals surface area (Å²) in [6, 6.07) is 0. The molecule has 154 valence electrons. The first-order chi connectivity index (χ1) is 12.6. The molecule has 1 aliphatic rings. The number of rotatable bonds is 13. The number of unbranched alkanes of at least 4 members (excludes halogenated alkanes) is 2. The Balaban J connectivity index is 2.26. The lowest BCUT2D eigenvalue weighted by atomic mass is 10.1. The lowest BCUT2D eigenvalue weighted by molar-refractivity contribution is -0.212. The smallest absolute Gasteiger partial charge is 0.181 e. The van der Waals surface area contributed by atoms with Gasteiger partial charge in [0.05, 0.1) is 6.10 Å². The minimum absolute atomic E-state index is 0.00204. The van der Waals surface area contributed by atoms with Crippen LogP contribution in [0.1, 0.15) is 59.8 Å². The van der Waals surface area contributed by atoms with Crippen LogP contribution >= 0.6 is 0 Å². The molecule has 1 aliphatic carbocycles. The van der Waals surface area contributed by atoms with Gasteiger partial charge in [-0.3, -0.25) is 9.59 Å². The van der Waals surface area contributed by atoms with Gasteiger partial charge in [0.1, 0.15) is 6.61 Å². The van der Waals surface area contributed by atoms with Crippen LogP contribution in [0, 0.1) is 0 Å². The van der Waals surface area contributed by atoms with E-state index in [1.54, 1.807) is 27.0 Å². The van der Waals surface area contributed by atoms with Crippen molar-refractivity contribution in [3.8, 4) is 0 Å². The molecule has 1 rings (SSSR count). The van der Waals surface area contributed by atoms with E-state index < -0.39 is 11.6 Å². The number of carbonyl (C=O) groups excluding carboxylic acids is 2. The van der Waals surface area contributed by atoms with Crippen LogP contribution in [-0.4, -0.2) is 50.1 Å². The van der Waals surface area contributed by atoms with E-state index in [1.807, 2.05) is 26.0 Å². The molecule has 1 unspecified atom stereocenters. The maximum absolute atomic E-state index is 12.1. The maximum Gasteiger partial charge on any atom is 0.181 e. The van der Waals surface area contributed by atoms with Gasteiger partial charge in [-0.25, -0.2) is 0 Å². The lowest BCUT2D eigenvalue weighted by Crippen LogP contribution is -2.31. The predicted molar refractivity (Wildman–Crippen MR) is 103 cm³/mol. The van der Waals surface area contributed by atoms with E-state index in [-0.39, 0.29) is 24.3 Å². The van der Waals surface area contributed by atoms with Crippen molar-refractivity contribution >= 4 is 11.6 Å². The second kappa shape index (κ2) is 10.9. The number of allylic oxidation sites excluding steroid dienone is 2. The van der Waals surface area contributed by atoms with Gasteiger partial charge in [-0.15, -0.1) is 0 Å². The Kier molecular flexibility index (Phi) is 9.53. The first-order valence-electron chi connectivity index (χ1n) is 9.44. The van der Waals surface area contributed by atoms with E-state index in [0.29, 0.717) is 6.42 Å². The molecule has 0 saturated carbocycles. The van der Waals surface area contributed by atoms with Crippen molar-refractivity contribution in [1.82, 2.24) is 0 Å². The molecule has 1 atom stereocenters. The first kappa shape index (κ1) is 23.7. The second-order valence-electron chi connectivity index (χ2n) is 7.59. The van der Waals surface area contributed by atoms with Crippen LogP contribution in [0.5, 0.6) is 0 Å². The summed E-state index contributed by atoms with van der Waals surface area (Å²) in [6.45, 7) is 7.18. The molecule has 0 spiro atoms. The highest BCUT2D eigenvalue weighted by molar-refractivity contribution is 5.98. The van der Waals surface area contributed by atoms with Gasteiger partial charge in [0, 0.05) is 20.6 Å². The van der Waals surface area contributed by atoms with Gasteiger partial charge < -0.3 is 18.9 Å². The summed E-state index contributed by atoms with van der Waals surface area (Å²) < 4.78 is 21.5. The number of ketones is 2. The molecule has 0 N–H and O–H groups in total. The first-order valence-corrected chi connectivity index (χ1v) is 9.44. The third-order valence-corrected chi connectivity index (χ3v) is 4.48. The van der Waals surface area contributed by atoms with Gasteiger partial charge >= 0.3 is 0 Å². The molecule has 0 saturated heterocycles. The summed E-state index contributed by atoms with van der Waals surface area (Å²) in [6.07, 6.45) is 8.81. The molecule has 0 heterocycles. The fourth-order valence-corrected chi connectivity index (χ4v) is 2.55. The zero-order chi connectivity index (χ0) is 20.5. The van der Waals surface area contributed by atoms with E-state index >= 15 is 0 Å². The van der Waals surface area contributed by atoms with E-state index in [0.717, 1.165) is 31.3 Å². The fourth-order valence-electron chi connectivity index (χ4n) is 2.55. The standard InChI is InChI=1S/C21H34O6/c1-20(2,24-5)26-15-17(22)12-10-8-7-9-11-16-13-18(14-19(16)23)27-21(3,4)25-6/h10,12-13,18H,7-9,11,14-15H2,1-6H3. The van der Waals surface area contributed by atoms with Crippen LogP contribution in [0.15, 0.2) is 23.8 Å². The van der Waals surface area contributed by atoms with Gasteiger partial charge in [0.2, 0.25) is 0 Å². The van der Waals surface area contributed by atoms with Gasteiger partial charge in [0.15, 0.2) is 23.1 Å². The van der Waals surface area contributed by atoms with E-state index in [9.17, 15) is 9.59 Å². The van der Waals surface area contributed by atoms with Gasteiger partial charge in [0.25, 0.3) is 0 Å². The number of hydrogen-bond acceptors (Lipinski definition) is 6. The summed E-state index contributed by atoms with van der Waals surface area (Å²) >= 11 is 0. The maximum atomic E-state index is 12.1. The minimum atomic E-state index is -0.759. The average Bonchev–Trinajstić information content (AvgIpc) is 2.94. The quantitative estimate of drug-likeness (QED) is 0.275. The zero-order valence-electron chi connectivity index (χ0n) is 17.5. The lowest BCUT2D eigenvalue weighted by Gasteiger charge is -2.26. The summed E-state index contributed by atoms with van der Waals surface area (Å²) in [5, 5.41) is 0. The monoisotopic (exact) mass is 382 g/mol. The minimum Gasteiger partial charge on any atom is -0.354 e. The average molecular weight is 382 g/mol. The van der Waals surface area contributed by atoms with E-state index in [1.165, 1.54) is 7.11 Å². The third kappa shape index (κ3) is 9.42. The Morgan fingerprint density at radius 3 is 2.44 bits per heavy atom. The zero-order valence-corrected chi connectivity index (χ0v) is 17.5. The van der Waals surface area contributed by atoms with E-state index in [2.05, 4.69) is 0 Å². The second-order valence-corrected chi connectivity index (χ2v) is 7.59.